The number of hydrogen-bond donors (Lipinski definition) is 1. The Kier molecular flexibility index (Phi) is 4.85. The van der Waals surface area contributed by atoms with Crippen LogP contribution in [0.5, 0.6) is 0 Å². The van der Waals surface area contributed by atoms with Crippen molar-refractivity contribution in [2.45, 2.75) is 19.9 Å². The van der Waals surface area contributed by atoms with Crippen molar-refractivity contribution in [1.82, 2.24) is 0 Å². The third-order valence-corrected chi connectivity index (χ3v) is 4.05. The number of nitro groups is 1. The predicted molar refractivity (Wildman–Crippen MR) is 89.0 cm³/mol. The van der Waals surface area contributed by atoms with Crippen LogP contribution in [-0.4, -0.2) is 4.92 Å². The molecule has 0 spiro atoms. The van der Waals surface area contributed by atoms with Crippen LogP contribution in [0, 0.1) is 17.0 Å². The minimum absolute atomic E-state index is 0.0636. The Balaban J connectivity index is 2.28. The molecular weight excluding hydrogens is 356 g/mol. The van der Waals surface area contributed by atoms with Crippen molar-refractivity contribution in [3.8, 4) is 0 Å². The number of nitro benzene ring substituents is 1. The van der Waals surface area contributed by atoms with E-state index in [0.29, 0.717) is 5.02 Å². The molecule has 0 aliphatic heterocycles. The molecule has 0 radical (unpaired) electrons. The molecule has 4 nitrogen and oxygen atoms in total. The second kappa shape index (κ2) is 6.45. The third-order valence-electron chi connectivity index (χ3n) is 3.23. The van der Waals surface area contributed by atoms with Gasteiger partial charge in [-0.3, -0.25) is 10.1 Å². The van der Waals surface area contributed by atoms with Gasteiger partial charge in [-0.1, -0.05) is 39.7 Å². The Bertz CT molecular complexity index is 691. The van der Waals surface area contributed by atoms with Gasteiger partial charge < -0.3 is 5.32 Å². The average Bonchev–Trinajstić information content (AvgIpc) is 2.40. The molecule has 0 bridgehead atoms. The fraction of sp³-hybridized carbons (Fsp3) is 0.200. The largest absolute Gasteiger partial charge is 0.378 e. The van der Waals surface area contributed by atoms with Crippen LogP contribution in [0.25, 0.3) is 0 Å². The van der Waals surface area contributed by atoms with Crippen molar-refractivity contribution in [2.24, 2.45) is 0 Å². The van der Waals surface area contributed by atoms with Crippen molar-refractivity contribution in [1.29, 1.82) is 0 Å². The van der Waals surface area contributed by atoms with Gasteiger partial charge >= 0.3 is 0 Å². The topological polar surface area (TPSA) is 55.2 Å². The maximum atomic E-state index is 10.9. The first-order chi connectivity index (χ1) is 9.88. The predicted octanol–water partition coefficient (Wildman–Crippen LogP) is 5.49. The standard InChI is InChI=1S/C15H14BrClN2O2/c1-9-3-5-12(19(20)21)8-15(9)18-10(2)13-6-4-11(16)7-14(13)17/h3-8,10,18H,1-2H3. The monoisotopic (exact) mass is 368 g/mol. The van der Waals surface area contributed by atoms with Crippen molar-refractivity contribution < 1.29 is 4.92 Å². The summed E-state index contributed by atoms with van der Waals surface area (Å²) in [7, 11) is 0. The van der Waals surface area contributed by atoms with E-state index in [0.717, 1.165) is 21.3 Å². The molecule has 1 unspecified atom stereocenters. The Morgan fingerprint density at radius 3 is 2.62 bits per heavy atom. The second-order valence-electron chi connectivity index (χ2n) is 4.79. The second-order valence-corrected chi connectivity index (χ2v) is 6.11. The fourth-order valence-electron chi connectivity index (χ4n) is 2.04. The Hall–Kier alpha value is -1.59. The number of hydrogen-bond acceptors (Lipinski definition) is 3. The van der Waals surface area contributed by atoms with Crippen LogP contribution < -0.4 is 5.32 Å². The van der Waals surface area contributed by atoms with Crippen LogP contribution in [0.3, 0.4) is 0 Å². The summed E-state index contributed by atoms with van der Waals surface area (Å²) in [6.07, 6.45) is 0. The lowest BCUT2D eigenvalue weighted by Crippen LogP contribution is -2.08. The summed E-state index contributed by atoms with van der Waals surface area (Å²) in [6, 6.07) is 10.4. The highest BCUT2D eigenvalue weighted by Crippen LogP contribution is 2.30. The summed E-state index contributed by atoms with van der Waals surface area (Å²) < 4.78 is 0.912. The molecule has 21 heavy (non-hydrogen) atoms. The molecular formula is C15H14BrClN2O2. The third kappa shape index (κ3) is 3.74. The van der Waals surface area contributed by atoms with Crippen LogP contribution in [0.2, 0.25) is 5.02 Å². The molecule has 2 rings (SSSR count). The number of halogens is 2. The smallest absolute Gasteiger partial charge is 0.271 e. The number of nitrogens with zero attached hydrogens (tertiary/aromatic N) is 1. The van der Waals surface area contributed by atoms with Gasteiger partial charge in [0.1, 0.15) is 0 Å². The number of anilines is 1. The lowest BCUT2D eigenvalue weighted by atomic mass is 10.1. The van der Waals surface area contributed by atoms with E-state index in [-0.39, 0.29) is 11.7 Å². The Morgan fingerprint density at radius 2 is 2.00 bits per heavy atom. The summed E-state index contributed by atoms with van der Waals surface area (Å²) in [5, 5.41) is 14.8. The van der Waals surface area contributed by atoms with Crippen LogP contribution in [0.4, 0.5) is 11.4 Å². The summed E-state index contributed by atoms with van der Waals surface area (Å²) >= 11 is 9.60. The molecule has 0 aromatic heterocycles. The van der Waals surface area contributed by atoms with Crippen molar-refractivity contribution in [3.63, 3.8) is 0 Å². The van der Waals surface area contributed by atoms with Gasteiger partial charge in [-0.25, -0.2) is 0 Å². The van der Waals surface area contributed by atoms with E-state index in [1.165, 1.54) is 6.07 Å². The molecule has 0 amide bonds. The molecule has 0 fully saturated rings. The minimum Gasteiger partial charge on any atom is -0.378 e. The van der Waals surface area contributed by atoms with Crippen LogP contribution in [-0.2, 0) is 0 Å². The lowest BCUT2D eigenvalue weighted by molar-refractivity contribution is -0.384. The molecule has 0 saturated carbocycles. The first-order valence-corrected chi connectivity index (χ1v) is 7.52. The summed E-state index contributed by atoms with van der Waals surface area (Å²) in [5.41, 5.74) is 2.68. The molecule has 0 heterocycles. The SMILES string of the molecule is Cc1ccc([N+](=O)[O-])cc1NC(C)c1ccc(Br)cc1Cl. The minimum atomic E-state index is -0.401. The molecule has 110 valence electrons. The van der Waals surface area contributed by atoms with E-state index in [1.54, 1.807) is 12.1 Å². The van der Waals surface area contributed by atoms with E-state index in [1.807, 2.05) is 32.0 Å². The Morgan fingerprint density at radius 1 is 1.29 bits per heavy atom. The van der Waals surface area contributed by atoms with Crippen LogP contribution in [0.15, 0.2) is 40.9 Å². The molecule has 0 aliphatic rings. The number of non-ortho nitro benzene ring substituents is 1. The maximum Gasteiger partial charge on any atom is 0.271 e. The van der Waals surface area contributed by atoms with Gasteiger partial charge in [-0.2, -0.15) is 0 Å². The summed E-state index contributed by atoms with van der Waals surface area (Å²) in [6.45, 7) is 3.87. The Labute approximate surface area is 136 Å². The first-order valence-electron chi connectivity index (χ1n) is 6.35. The number of nitrogens with one attached hydrogen (secondary N) is 1. The van der Waals surface area contributed by atoms with Crippen molar-refractivity contribution in [2.75, 3.05) is 5.32 Å². The van der Waals surface area contributed by atoms with E-state index in [2.05, 4.69) is 21.2 Å². The van der Waals surface area contributed by atoms with Crippen molar-refractivity contribution in [3.05, 3.63) is 67.1 Å². The van der Waals surface area contributed by atoms with Gasteiger partial charge in [0.05, 0.1) is 11.0 Å². The van der Waals surface area contributed by atoms with Crippen LogP contribution >= 0.6 is 27.5 Å². The number of aryl methyl sites for hydroxylation is 1. The molecule has 2 aromatic rings. The van der Waals surface area contributed by atoms with Crippen molar-refractivity contribution >= 4 is 38.9 Å². The molecule has 0 saturated heterocycles. The normalized spacial score (nSPS) is 12.0. The van der Waals surface area contributed by atoms with E-state index >= 15 is 0 Å². The van der Waals surface area contributed by atoms with E-state index < -0.39 is 4.92 Å². The van der Waals surface area contributed by atoms with Gasteiger partial charge in [0.25, 0.3) is 5.69 Å². The van der Waals surface area contributed by atoms with Gasteiger partial charge in [0, 0.05) is 27.3 Å². The van der Waals surface area contributed by atoms with Gasteiger partial charge in [0.2, 0.25) is 0 Å². The first kappa shape index (κ1) is 15.8. The van der Waals surface area contributed by atoms with Gasteiger partial charge in [-0.05, 0) is 37.1 Å². The summed E-state index contributed by atoms with van der Waals surface area (Å²) in [4.78, 5) is 10.5. The zero-order valence-electron chi connectivity index (χ0n) is 11.6. The zero-order chi connectivity index (χ0) is 15.6. The lowest BCUT2D eigenvalue weighted by Gasteiger charge is -2.18. The highest BCUT2D eigenvalue weighted by atomic mass is 79.9. The summed E-state index contributed by atoms with van der Waals surface area (Å²) in [5.74, 6) is 0. The number of benzene rings is 2. The van der Waals surface area contributed by atoms with Crippen LogP contribution in [0.1, 0.15) is 24.1 Å². The molecule has 1 N–H and O–H groups in total. The average molecular weight is 370 g/mol. The quantitative estimate of drug-likeness (QED) is 0.572. The van der Waals surface area contributed by atoms with Gasteiger partial charge in [-0.15, -0.1) is 0 Å². The highest BCUT2D eigenvalue weighted by Gasteiger charge is 2.13. The molecule has 2 aromatic carbocycles. The molecule has 6 heteroatoms. The molecule has 0 aliphatic carbocycles. The highest BCUT2D eigenvalue weighted by molar-refractivity contribution is 9.10. The van der Waals surface area contributed by atoms with E-state index in [9.17, 15) is 10.1 Å². The fourth-order valence-corrected chi connectivity index (χ4v) is 2.88. The zero-order valence-corrected chi connectivity index (χ0v) is 13.9. The molecule has 1 atom stereocenters. The number of rotatable bonds is 4. The maximum absolute atomic E-state index is 10.9. The van der Waals surface area contributed by atoms with Gasteiger partial charge in [0.15, 0.2) is 0 Å². The van der Waals surface area contributed by atoms with E-state index in [4.69, 9.17) is 11.6 Å².